The Balaban J connectivity index is 1.64. The van der Waals surface area contributed by atoms with Crippen molar-refractivity contribution in [1.82, 2.24) is 14.9 Å². The number of aliphatic hydroxyl groups excluding tert-OH is 1. The highest BCUT2D eigenvalue weighted by Crippen LogP contribution is 2.36. The van der Waals surface area contributed by atoms with Crippen molar-refractivity contribution in [2.24, 2.45) is 10.7 Å². The van der Waals surface area contributed by atoms with E-state index in [1.54, 1.807) is 39.5 Å². The van der Waals surface area contributed by atoms with Crippen molar-refractivity contribution in [2.45, 2.75) is 6.10 Å². The molecule has 1 amide bonds. The normalized spacial score (nSPS) is 12.7. The quantitative estimate of drug-likeness (QED) is 0.328. The largest absolute Gasteiger partial charge is 0.496 e. The first-order valence-corrected chi connectivity index (χ1v) is 11.4. The van der Waals surface area contributed by atoms with Crippen molar-refractivity contribution in [1.29, 1.82) is 0 Å². The molecule has 0 aliphatic rings. The first kappa shape index (κ1) is 24.7. The lowest BCUT2D eigenvalue weighted by Gasteiger charge is -2.21. The summed E-state index contributed by atoms with van der Waals surface area (Å²) in [5.41, 5.74) is 11.0. The van der Waals surface area contributed by atoms with E-state index in [2.05, 4.69) is 15.0 Å². The Kier molecular flexibility index (Phi) is 7.46. The summed E-state index contributed by atoms with van der Waals surface area (Å²) in [5.74, 6) is 0.339. The fourth-order valence-electron chi connectivity index (χ4n) is 4.12. The number of aliphatic hydroxyl groups is 1. The lowest BCUT2D eigenvalue weighted by molar-refractivity contribution is -0.138. The van der Waals surface area contributed by atoms with Gasteiger partial charge in [-0.1, -0.05) is 36.4 Å². The summed E-state index contributed by atoms with van der Waals surface area (Å²) in [6, 6.07) is 17.2. The van der Waals surface area contributed by atoms with E-state index in [0.717, 1.165) is 39.0 Å². The minimum Gasteiger partial charge on any atom is -0.496 e. The molecular weight excluding hydrogens is 454 g/mol. The molecule has 0 radical (unpaired) electrons. The zero-order valence-corrected chi connectivity index (χ0v) is 20.5. The number of aromatic amines is 1. The average Bonchev–Trinajstić information content (AvgIpc) is 3.35. The van der Waals surface area contributed by atoms with Crippen molar-refractivity contribution in [3.63, 3.8) is 0 Å². The minimum absolute atomic E-state index is 0.236. The van der Waals surface area contributed by atoms with Gasteiger partial charge >= 0.3 is 0 Å². The van der Waals surface area contributed by atoms with Gasteiger partial charge in [-0.3, -0.25) is 9.79 Å². The lowest BCUT2D eigenvalue weighted by atomic mass is 9.99. The topological polar surface area (TPSA) is 117 Å². The molecule has 8 heteroatoms. The Morgan fingerprint density at radius 2 is 2.00 bits per heavy atom. The summed E-state index contributed by atoms with van der Waals surface area (Å²) in [6.45, 7) is 0.236. The highest BCUT2D eigenvalue weighted by Gasteiger charge is 2.22. The molecule has 4 N–H and O–H groups in total. The number of carbonyl (C=O) groups is 1. The maximum atomic E-state index is 12.9. The number of aromatic nitrogens is 2. The number of pyridine rings is 1. The van der Waals surface area contributed by atoms with Gasteiger partial charge in [0.25, 0.3) is 5.91 Å². The number of fused-ring (bicyclic) bond motifs is 1. The average molecular weight is 484 g/mol. The van der Waals surface area contributed by atoms with Crippen molar-refractivity contribution in [3.05, 3.63) is 84.8 Å². The van der Waals surface area contributed by atoms with E-state index in [-0.39, 0.29) is 6.54 Å². The summed E-state index contributed by atoms with van der Waals surface area (Å²) in [5, 5.41) is 11.8. The van der Waals surface area contributed by atoms with E-state index in [1.165, 1.54) is 11.1 Å². The van der Waals surface area contributed by atoms with Crippen molar-refractivity contribution in [3.8, 4) is 28.0 Å². The molecule has 36 heavy (non-hydrogen) atoms. The third-order valence-electron chi connectivity index (χ3n) is 6.05. The van der Waals surface area contributed by atoms with Gasteiger partial charge in [-0.25, -0.2) is 4.98 Å². The second-order valence-corrected chi connectivity index (χ2v) is 8.32. The van der Waals surface area contributed by atoms with Crippen LogP contribution in [0.2, 0.25) is 0 Å². The van der Waals surface area contributed by atoms with Gasteiger partial charge in [-0.05, 0) is 41.6 Å². The molecule has 184 valence electrons. The zero-order chi connectivity index (χ0) is 25.7. The van der Waals surface area contributed by atoms with Gasteiger partial charge < -0.3 is 25.5 Å². The van der Waals surface area contributed by atoms with Crippen LogP contribution in [0.3, 0.4) is 0 Å². The predicted octanol–water partition coefficient (Wildman–Crippen LogP) is 3.94. The number of rotatable bonds is 8. The number of aliphatic imine (C=N–C) groups is 1. The van der Waals surface area contributed by atoms with Gasteiger partial charge in [0.1, 0.15) is 11.4 Å². The van der Waals surface area contributed by atoms with Crippen LogP contribution in [0.4, 0.5) is 0 Å². The number of methoxy groups -OCH3 is 1. The number of para-hydroxylation sites is 1. The van der Waals surface area contributed by atoms with Crippen LogP contribution in [0.25, 0.3) is 33.3 Å². The van der Waals surface area contributed by atoms with Gasteiger partial charge in [0, 0.05) is 48.6 Å². The van der Waals surface area contributed by atoms with Gasteiger partial charge in [0.2, 0.25) is 0 Å². The summed E-state index contributed by atoms with van der Waals surface area (Å²) < 4.78 is 5.55. The van der Waals surface area contributed by atoms with Crippen molar-refractivity contribution in [2.75, 3.05) is 27.7 Å². The third-order valence-corrected chi connectivity index (χ3v) is 6.05. The van der Waals surface area contributed by atoms with Gasteiger partial charge in [0.05, 0.1) is 19.4 Å². The molecular formula is C28H29N5O3. The van der Waals surface area contributed by atoms with Crippen molar-refractivity contribution < 1.29 is 14.6 Å². The van der Waals surface area contributed by atoms with Crippen molar-refractivity contribution >= 4 is 22.7 Å². The second kappa shape index (κ2) is 10.9. The molecule has 2 heterocycles. The Bertz CT molecular complexity index is 1440. The summed E-state index contributed by atoms with van der Waals surface area (Å²) in [4.78, 5) is 26.2. The van der Waals surface area contributed by atoms with E-state index < -0.39 is 12.0 Å². The third kappa shape index (κ3) is 4.99. The number of hydrogen-bond donors (Lipinski definition) is 3. The van der Waals surface area contributed by atoms with Gasteiger partial charge in [-0.15, -0.1) is 0 Å². The lowest BCUT2D eigenvalue weighted by Crippen LogP contribution is -2.35. The Morgan fingerprint density at radius 1 is 1.19 bits per heavy atom. The zero-order valence-electron chi connectivity index (χ0n) is 20.5. The molecule has 0 aliphatic heterocycles. The smallest absolute Gasteiger partial charge is 0.256 e. The van der Waals surface area contributed by atoms with Crippen LogP contribution in [0.5, 0.6) is 5.75 Å². The highest BCUT2D eigenvalue weighted by molar-refractivity contribution is 5.99. The van der Waals surface area contributed by atoms with Gasteiger partial charge in [0.15, 0.2) is 6.10 Å². The van der Waals surface area contributed by atoms with Crippen LogP contribution >= 0.6 is 0 Å². The fourth-order valence-corrected chi connectivity index (χ4v) is 4.12. The van der Waals surface area contributed by atoms with Gasteiger partial charge in [-0.2, -0.15) is 0 Å². The Morgan fingerprint density at radius 3 is 2.75 bits per heavy atom. The molecule has 0 spiro atoms. The summed E-state index contributed by atoms with van der Waals surface area (Å²) in [7, 11) is 4.90. The highest BCUT2D eigenvalue weighted by atomic mass is 16.5. The van der Waals surface area contributed by atoms with E-state index in [4.69, 9.17) is 10.5 Å². The number of hydrogen-bond acceptors (Lipinski definition) is 6. The molecule has 8 nitrogen and oxygen atoms in total. The fraction of sp³-hybridized carbons (Fsp3) is 0.179. The molecule has 0 saturated carbocycles. The number of carbonyl (C=O) groups excluding carboxylic acids is 1. The first-order chi connectivity index (χ1) is 17.5. The Hall–Kier alpha value is -4.43. The predicted molar refractivity (Wildman–Crippen MR) is 143 cm³/mol. The number of benzene rings is 2. The molecule has 0 bridgehead atoms. The molecule has 2 aromatic carbocycles. The van der Waals surface area contributed by atoms with E-state index in [0.29, 0.717) is 11.3 Å². The number of ether oxygens (including phenoxy) is 1. The number of likely N-dealkylation sites (N-methyl/N-ethyl adjacent to an activating group) is 1. The molecule has 0 fully saturated rings. The van der Waals surface area contributed by atoms with Crippen LogP contribution in [0.1, 0.15) is 11.7 Å². The van der Waals surface area contributed by atoms with E-state index in [9.17, 15) is 9.90 Å². The second-order valence-electron chi connectivity index (χ2n) is 8.32. The number of nitrogens with two attached hydrogens (primary N) is 1. The number of nitrogens with zero attached hydrogens (tertiary/aromatic N) is 3. The molecule has 1 atom stereocenters. The summed E-state index contributed by atoms with van der Waals surface area (Å²) in [6.07, 6.45) is 5.37. The number of amides is 1. The van der Waals surface area contributed by atoms with Crippen LogP contribution in [0.15, 0.2) is 84.3 Å². The first-order valence-electron chi connectivity index (χ1n) is 11.4. The number of nitrogens with one attached hydrogen (secondary N) is 1. The summed E-state index contributed by atoms with van der Waals surface area (Å²) >= 11 is 0. The van der Waals surface area contributed by atoms with Crippen LogP contribution in [-0.4, -0.2) is 59.3 Å². The van der Waals surface area contributed by atoms with E-state index >= 15 is 0 Å². The maximum absolute atomic E-state index is 12.9. The molecule has 0 aliphatic carbocycles. The minimum atomic E-state index is -1.32. The number of H-pyrrole nitrogens is 1. The molecule has 4 rings (SSSR count). The van der Waals surface area contributed by atoms with Crippen LogP contribution < -0.4 is 10.5 Å². The Labute approximate surface area is 209 Å². The monoisotopic (exact) mass is 483 g/mol. The molecule has 2 aromatic heterocycles. The van der Waals surface area contributed by atoms with E-state index in [1.807, 2.05) is 54.7 Å². The standard InChI is InChI=1S/C28H29N5O3/c1-30-21(11-12-29)17-33(2)28(35)26(34)19-8-6-7-18(13-19)20-14-23-24(16-32-27(23)31-15-20)22-9-4-5-10-25(22)36-3/h4-16,26,34H,17,29H2,1-3H3,(H,31,32)/b12-11-,30-21?. The van der Waals surface area contributed by atoms with Crippen LogP contribution in [0, 0.1) is 0 Å². The van der Waals surface area contributed by atoms with Crippen LogP contribution in [-0.2, 0) is 4.79 Å². The SMILES string of the molecule is CN=C(/C=C\N)CN(C)C(=O)C(O)c1cccc(-c2cnc3[nH]cc(-c4ccccc4OC)c3c2)c1. The maximum Gasteiger partial charge on any atom is 0.256 e. The molecule has 4 aromatic rings. The molecule has 0 saturated heterocycles. The molecule has 1 unspecified atom stereocenters.